The fraction of sp³-hybridized carbons (Fsp3) is 0.500. The number of amides is 1. The predicted octanol–water partition coefficient (Wildman–Crippen LogP) is 4.31. The maximum Gasteiger partial charge on any atom is 0.237 e. The Hall–Kier alpha value is -1.82. The van der Waals surface area contributed by atoms with Crippen molar-refractivity contribution in [2.24, 2.45) is 0 Å². The average molecular weight is 344 g/mol. The van der Waals surface area contributed by atoms with Crippen LogP contribution in [0.2, 0.25) is 0 Å². The molecule has 6 heteroatoms. The van der Waals surface area contributed by atoms with Crippen LogP contribution in [-0.4, -0.2) is 26.3 Å². The Morgan fingerprint density at radius 1 is 1.38 bits per heavy atom. The summed E-state index contributed by atoms with van der Waals surface area (Å²) >= 11 is 1.39. The molecule has 128 valence electrons. The van der Waals surface area contributed by atoms with E-state index in [0.29, 0.717) is 17.0 Å². The SMILES string of the molecule is CCC(C)c1ccccc1NC(=O)C(C)Sc1n[nH]c(C2CC2)n1. The van der Waals surface area contributed by atoms with Crippen molar-refractivity contribution < 1.29 is 4.79 Å². The van der Waals surface area contributed by atoms with Crippen LogP contribution in [0, 0.1) is 0 Å². The number of hydrogen-bond acceptors (Lipinski definition) is 4. The molecule has 1 amide bonds. The van der Waals surface area contributed by atoms with E-state index < -0.39 is 0 Å². The van der Waals surface area contributed by atoms with E-state index in [1.54, 1.807) is 0 Å². The van der Waals surface area contributed by atoms with Gasteiger partial charge in [0, 0.05) is 11.6 Å². The number of H-pyrrole nitrogens is 1. The molecule has 1 aromatic heterocycles. The number of para-hydroxylation sites is 1. The summed E-state index contributed by atoms with van der Waals surface area (Å²) < 4.78 is 0. The molecule has 0 bridgehead atoms. The number of benzene rings is 1. The highest BCUT2D eigenvalue weighted by Gasteiger charge is 2.28. The number of aromatic nitrogens is 3. The lowest BCUT2D eigenvalue weighted by Gasteiger charge is -2.17. The zero-order valence-electron chi connectivity index (χ0n) is 14.4. The van der Waals surface area contributed by atoms with Gasteiger partial charge in [-0.25, -0.2) is 4.98 Å². The highest BCUT2D eigenvalue weighted by atomic mass is 32.2. The van der Waals surface area contributed by atoms with Crippen LogP contribution in [0.4, 0.5) is 5.69 Å². The molecule has 1 aliphatic rings. The van der Waals surface area contributed by atoms with Crippen molar-refractivity contribution >= 4 is 23.4 Å². The number of rotatable bonds is 7. The summed E-state index contributed by atoms with van der Waals surface area (Å²) in [6.07, 6.45) is 3.40. The number of anilines is 1. The van der Waals surface area contributed by atoms with Crippen molar-refractivity contribution in [1.82, 2.24) is 15.2 Å². The molecule has 1 fully saturated rings. The van der Waals surface area contributed by atoms with Gasteiger partial charge in [-0.3, -0.25) is 9.89 Å². The number of hydrogen-bond donors (Lipinski definition) is 2. The summed E-state index contributed by atoms with van der Waals surface area (Å²) in [6, 6.07) is 8.02. The van der Waals surface area contributed by atoms with Gasteiger partial charge in [0.2, 0.25) is 11.1 Å². The van der Waals surface area contributed by atoms with E-state index in [-0.39, 0.29) is 11.2 Å². The first-order valence-corrected chi connectivity index (χ1v) is 9.45. The summed E-state index contributed by atoms with van der Waals surface area (Å²) in [7, 11) is 0. The summed E-state index contributed by atoms with van der Waals surface area (Å²) in [5.74, 6) is 1.89. The van der Waals surface area contributed by atoms with E-state index in [9.17, 15) is 4.79 Å². The van der Waals surface area contributed by atoms with Gasteiger partial charge < -0.3 is 5.32 Å². The van der Waals surface area contributed by atoms with Crippen LogP contribution in [0.1, 0.15) is 63.3 Å². The van der Waals surface area contributed by atoms with Crippen molar-refractivity contribution in [3.63, 3.8) is 0 Å². The second-order valence-corrected chi connectivity index (χ2v) is 7.73. The fourth-order valence-electron chi connectivity index (χ4n) is 2.56. The Morgan fingerprint density at radius 2 is 2.12 bits per heavy atom. The average Bonchev–Trinajstić information content (AvgIpc) is 3.34. The molecule has 2 N–H and O–H groups in total. The number of nitrogens with one attached hydrogen (secondary N) is 2. The molecular weight excluding hydrogens is 320 g/mol. The molecular formula is C18H24N4OS. The molecule has 0 aliphatic heterocycles. The maximum atomic E-state index is 12.5. The van der Waals surface area contributed by atoms with Gasteiger partial charge in [-0.05, 0) is 43.7 Å². The Kier molecular flexibility index (Phi) is 5.23. The Morgan fingerprint density at radius 3 is 2.83 bits per heavy atom. The van der Waals surface area contributed by atoms with E-state index in [1.807, 2.05) is 25.1 Å². The zero-order chi connectivity index (χ0) is 17.1. The van der Waals surface area contributed by atoms with Gasteiger partial charge in [-0.1, -0.05) is 43.8 Å². The summed E-state index contributed by atoms with van der Waals surface area (Å²) in [4.78, 5) is 17.0. The van der Waals surface area contributed by atoms with Crippen molar-refractivity contribution in [3.8, 4) is 0 Å². The molecule has 5 nitrogen and oxygen atoms in total. The van der Waals surface area contributed by atoms with Crippen LogP contribution < -0.4 is 5.32 Å². The smallest absolute Gasteiger partial charge is 0.237 e. The topological polar surface area (TPSA) is 70.7 Å². The Labute approximate surface area is 147 Å². The van der Waals surface area contributed by atoms with Crippen LogP contribution in [0.5, 0.6) is 0 Å². The summed E-state index contributed by atoms with van der Waals surface area (Å²) in [5, 5.41) is 10.7. The molecule has 2 atom stereocenters. The van der Waals surface area contributed by atoms with Crippen LogP contribution in [0.15, 0.2) is 29.4 Å². The van der Waals surface area contributed by atoms with Crippen molar-refractivity contribution in [3.05, 3.63) is 35.7 Å². The third-order valence-electron chi connectivity index (χ3n) is 4.46. The van der Waals surface area contributed by atoms with Gasteiger partial charge in [0.25, 0.3) is 0 Å². The van der Waals surface area contributed by atoms with Crippen LogP contribution in [0.25, 0.3) is 0 Å². The minimum atomic E-state index is -0.252. The molecule has 1 saturated carbocycles. The number of nitrogens with zero attached hydrogens (tertiary/aromatic N) is 2. The fourth-order valence-corrected chi connectivity index (χ4v) is 3.29. The van der Waals surface area contributed by atoms with E-state index >= 15 is 0 Å². The Balaban J connectivity index is 1.63. The van der Waals surface area contributed by atoms with E-state index in [0.717, 1.165) is 17.9 Å². The summed E-state index contributed by atoms with van der Waals surface area (Å²) in [6.45, 7) is 6.22. The van der Waals surface area contributed by atoms with E-state index in [2.05, 4.69) is 40.4 Å². The highest BCUT2D eigenvalue weighted by Crippen LogP contribution is 2.38. The van der Waals surface area contributed by atoms with Crippen molar-refractivity contribution in [2.45, 2.75) is 62.3 Å². The number of carbonyl (C=O) groups excluding carboxylic acids is 1. The van der Waals surface area contributed by atoms with Gasteiger partial charge in [0.1, 0.15) is 5.82 Å². The van der Waals surface area contributed by atoms with Gasteiger partial charge >= 0.3 is 0 Å². The lowest BCUT2D eigenvalue weighted by atomic mass is 9.97. The largest absolute Gasteiger partial charge is 0.325 e. The quantitative estimate of drug-likeness (QED) is 0.734. The molecule has 1 aromatic carbocycles. The first kappa shape index (κ1) is 17.0. The maximum absolute atomic E-state index is 12.5. The monoisotopic (exact) mass is 344 g/mol. The van der Waals surface area contributed by atoms with Crippen LogP contribution >= 0.6 is 11.8 Å². The van der Waals surface area contributed by atoms with Crippen LogP contribution in [-0.2, 0) is 4.79 Å². The normalized spacial score (nSPS) is 16.6. The molecule has 2 aromatic rings. The lowest BCUT2D eigenvalue weighted by Crippen LogP contribution is -2.23. The van der Waals surface area contributed by atoms with Crippen LogP contribution in [0.3, 0.4) is 0 Å². The van der Waals surface area contributed by atoms with Gasteiger partial charge in [0.05, 0.1) is 5.25 Å². The number of carbonyl (C=O) groups is 1. The lowest BCUT2D eigenvalue weighted by molar-refractivity contribution is -0.115. The summed E-state index contributed by atoms with van der Waals surface area (Å²) in [5.41, 5.74) is 2.08. The van der Waals surface area contributed by atoms with E-state index in [4.69, 9.17) is 0 Å². The minimum absolute atomic E-state index is 0.0199. The molecule has 2 unspecified atom stereocenters. The third-order valence-corrected chi connectivity index (χ3v) is 5.42. The number of aromatic amines is 1. The number of thioether (sulfide) groups is 1. The molecule has 1 aliphatic carbocycles. The Bertz CT molecular complexity index is 711. The second kappa shape index (κ2) is 7.38. The minimum Gasteiger partial charge on any atom is -0.325 e. The molecule has 0 saturated heterocycles. The predicted molar refractivity (Wildman–Crippen MR) is 97.5 cm³/mol. The molecule has 3 rings (SSSR count). The van der Waals surface area contributed by atoms with E-state index in [1.165, 1.54) is 30.2 Å². The van der Waals surface area contributed by atoms with Crippen molar-refractivity contribution in [1.29, 1.82) is 0 Å². The standard InChI is InChI=1S/C18H24N4OS/c1-4-11(2)14-7-5-6-8-15(14)19-17(23)12(3)24-18-20-16(21-22-18)13-9-10-13/h5-8,11-13H,4,9-10H2,1-3H3,(H,19,23)(H,20,21,22). The second-order valence-electron chi connectivity index (χ2n) is 6.42. The van der Waals surface area contributed by atoms with Crippen molar-refractivity contribution in [2.75, 3.05) is 5.32 Å². The molecule has 0 radical (unpaired) electrons. The first-order valence-electron chi connectivity index (χ1n) is 8.57. The first-order chi connectivity index (χ1) is 11.6. The molecule has 0 spiro atoms. The van der Waals surface area contributed by atoms with Gasteiger partial charge in [-0.15, -0.1) is 5.10 Å². The van der Waals surface area contributed by atoms with Gasteiger partial charge in [-0.2, -0.15) is 0 Å². The molecule has 24 heavy (non-hydrogen) atoms. The molecule has 1 heterocycles. The highest BCUT2D eigenvalue weighted by molar-refractivity contribution is 8.00. The van der Waals surface area contributed by atoms with Gasteiger partial charge in [0.15, 0.2) is 0 Å². The third kappa shape index (κ3) is 3.98. The zero-order valence-corrected chi connectivity index (χ0v) is 15.2.